The number of aromatic nitrogens is 2. The quantitative estimate of drug-likeness (QED) is 0.205. The van der Waals surface area contributed by atoms with Gasteiger partial charge in [-0.25, -0.2) is 9.97 Å². The Labute approximate surface area is 249 Å². The highest BCUT2D eigenvalue weighted by atomic mass is 32.1. The van der Waals surface area contributed by atoms with Gasteiger partial charge in [-0.2, -0.15) is 0 Å². The van der Waals surface area contributed by atoms with E-state index < -0.39 is 0 Å². The van der Waals surface area contributed by atoms with E-state index >= 15 is 0 Å². The summed E-state index contributed by atoms with van der Waals surface area (Å²) in [5, 5.41) is 11.5. The normalized spacial score (nSPS) is 11.0. The number of rotatable bonds is 6. The van der Waals surface area contributed by atoms with Crippen molar-refractivity contribution in [3.63, 3.8) is 0 Å². The van der Waals surface area contributed by atoms with E-state index in [1.165, 1.54) is 0 Å². The average molecular weight is 583 g/mol. The maximum Gasteiger partial charge on any atom is 0.256 e. The molecule has 0 aliphatic rings. The zero-order valence-corrected chi connectivity index (χ0v) is 23.7. The fourth-order valence-electron chi connectivity index (χ4n) is 4.86. The molecule has 6 nitrogen and oxygen atoms in total. The van der Waals surface area contributed by atoms with Crippen LogP contribution in [-0.4, -0.2) is 21.8 Å². The zero-order chi connectivity index (χ0) is 28.5. The lowest BCUT2D eigenvalue weighted by Gasteiger charge is -2.12. The summed E-state index contributed by atoms with van der Waals surface area (Å²) in [4.78, 5) is 38.4. The third kappa shape index (κ3) is 5.05. The first-order valence-corrected chi connectivity index (χ1v) is 15.0. The number of benzene rings is 3. The highest BCUT2D eigenvalue weighted by Crippen LogP contribution is 2.30. The minimum Gasteiger partial charge on any atom is -0.322 e. The monoisotopic (exact) mass is 582 g/mol. The molecular formula is C34H22N4O2S2. The molecule has 0 unspecified atom stereocenters. The number of nitrogens with one attached hydrogen (secondary N) is 2. The van der Waals surface area contributed by atoms with Crippen molar-refractivity contribution in [1.29, 1.82) is 0 Å². The van der Waals surface area contributed by atoms with E-state index in [1.807, 2.05) is 95.7 Å². The van der Waals surface area contributed by atoms with Crippen molar-refractivity contribution in [1.82, 2.24) is 9.97 Å². The molecule has 0 saturated heterocycles. The van der Waals surface area contributed by atoms with Crippen LogP contribution in [0.25, 0.3) is 42.9 Å². The van der Waals surface area contributed by atoms with E-state index in [0.29, 0.717) is 22.5 Å². The Bertz CT molecular complexity index is 1920. The molecule has 0 radical (unpaired) electrons. The van der Waals surface area contributed by atoms with Crippen LogP contribution in [0.15, 0.2) is 120 Å². The summed E-state index contributed by atoms with van der Waals surface area (Å²) in [7, 11) is 0. The number of carbonyl (C=O) groups is 2. The first kappa shape index (κ1) is 25.8. The third-order valence-corrected chi connectivity index (χ3v) is 8.65. The van der Waals surface area contributed by atoms with Crippen molar-refractivity contribution in [3.05, 3.63) is 131 Å². The Morgan fingerprint density at radius 3 is 1.36 bits per heavy atom. The zero-order valence-electron chi connectivity index (χ0n) is 22.1. The molecule has 0 aliphatic carbocycles. The van der Waals surface area contributed by atoms with Crippen LogP contribution in [0.5, 0.6) is 0 Å². The van der Waals surface area contributed by atoms with Crippen LogP contribution in [0.3, 0.4) is 0 Å². The molecule has 4 aromatic heterocycles. The highest BCUT2D eigenvalue weighted by Gasteiger charge is 2.17. The summed E-state index contributed by atoms with van der Waals surface area (Å²) in [6.45, 7) is 0. The molecule has 0 saturated carbocycles. The first-order chi connectivity index (χ1) is 20.6. The van der Waals surface area contributed by atoms with E-state index in [0.717, 1.165) is 42.9 Å². The largest absolute Gasteiger partial charge is 0.322 e. The summed E-state index contributed by atoms with van der Waals surface area (Å²) >= 11 is 3.16. The number of amides is 2. The molecule has 7 aromatic rings. The summed E-state index contributed by atoms with van der Waals surface area (Å²) in [5.74, 6) is -0.458. The van der Waals surface area contributed by atoms with Crippen LogP contribution in [0, 0.1) is 0 Å². The molecule has 42 heavy (non-hydrogen) atoms. The Balaban J connectivity index is 1.13. The molecule has 0 spiro atoms. The Kier molecular flexibility index (Phi) is 6.75. The molecule has 2 amide bonds. The molecular weight excluding hydrogens is 561 g/mol. The predicted octanol–water partition coefficient (Wildman–Crippen LogP) is 8.74. The molecule has 8 heteroatoms. The van der Waals surface area contributed by atoms with Crippen molar-refractivity contribution < 1.29 is 9.59 Å². The van der Waals surface area contributed by atoms with Gasteiger partial charge in [-0.3, -0.25) is 9.59 Å². The van der Waals surface area contributed by atoms with Crippen molar-refractivity contribution in [2.75, 3.05) is 10.6 Å². The molecule has 0 atom stereocenters. The van der Waals surface area contributed by atoms with Crippen molar-refractivity contribution in [3.8, 4) is 21.1 Å². The van der Waals surface area contributed by atoms with Crippen LogP contribution in [0.1, 0.15) is 20.7 Å². The van der Waals surface area contributed by atoms with Crippen LogP contribution < -0.4 is 10.6 Å². The van der Waals surface area contributed by atoms with Gasteiger partial charge < -0.3 is 10.6 Å². The second kappa shape index (κ2) is 11.0. The molecule has 4 heterocycles. The Morgan fingerprint density at radius 1 is 0.524 bits per heavy atom. The van der Waals surface area contributed by atoms with E-state index in [4.69, 9.17) is 9.97 Å². The number of pyridine rings is 2. The van der Waals surface area contributed by atoms with Crippen molar-refractivity contribution in [2.45, 2.75) is 0 Å². The lowest BCUT2D eigenvalue weighted by Crippen LogP contribution is -2.14. The third-order valence-electron chi connectivity index (χ3n) is 6.87. The SMILES string of the molecule is O=C(Nc1ccc(NC(=O)c2cc(-c3cccs3)nc3ccccc23)cc1)c1cc(-c2cccs2)nc2ccccc12. The van der Waals surface area contributed by atoms with Crippen molar-refractivity contribution >= 4 is 67.7 Å². The summed E-state index contributed by atoms with van der Waals surface area (Å²) in [6, 6.07) is 34.0. The number of hydrogen-bond acceptors (Lipinski definition) is 6. The van der Waals surface area contributed by atoms with Gasteiger partial charge in [0.2, 0.25) is 0 Å². The minimum absolute atomic E-state index is 0.229. The first-order valence-electron chi connectivity index (χ1n) is 13.2. The van der Waals surface area contributed by atoms with Crippen LogP contribution in [-0.2, 0) is 0 Å². The van der Waals surface area contributed by atoms with Gasteiger partial charge in [0.05, 0.1) is 43.3 Å². The van der Waals surface area contributed by atoms with E-state index in [9.17, 15) is 9.59 Å². The number of anilines is 2. The standard InChI is InChI=1S/C34H22N4O2S2/c39-33(25-19-29(31-11-5-17-41-31)37-27-9-3-1-7-23(25)27)35-21-13-15-22(16-14-21)36-34(40)26-20-30(32-12-6-18-42-32)38-28-10-4-2-8-24(26)28/h1-20H,(H,35,39)(H,36,40). The number of para-hydroxylation sites is 2. The van der Waals surface area contributed by atoms with Gasteiger partial charge >= 0.3 is 0 Å². The fourth-order valence-corrected chi connectivity index (χ4v) is 6.23. The van der Waals surface area contributed by atoms with Crippen LogP contribution >= 0.6 is 22.7 Å². The lowest BCUT2D eigenvalue weighted by atomic mass is 10.1. The van der Waals surface area contributed by atoms with Gasteiger partial charge in [0.25, 0.3) is 11.8 Å². The average Bonchev–Trinajstić information content (AvgIpc) is 3.76. The summed E-state index contributed by atoms with van der Waals surface area (Å²) in [5.41, 5.74) is 5.38. The minimum atomic E-state index is -0.229. The van der Waals surface area contributed by atoms with Gasteiger partial charge in [0, 0.05) is 22.1 Å². The molecule has 0 bridgehead atoms. The van der Waals surface area contributed by atoms with Crippen LogP contribution in [0.4, 0.5) is 11.4 Å². The molecule has 0 aliphatic heterocycles. The smallest absolute Gasteiger partial charge is 0.256 e. The molecule has 202 valence electrons. The molecule has 7 rings (SSSR count). The number of fused-ring (bicyclic) bond motifs is 2. The Morgan fingerprint density at radius 2 is 0.952 bits per heavy atom. The van der Waals surface area contributed by atoms with E-state index in [-0.39, 0.29) is 11.8 Å². The summed E-state index contributed by atoms with van der Waals surface area (Å²) < 4.78 is 0. The predicted molar refractivity (Wildman–Crippen MR) is 172 cm³/mol. The fraction of sp³-hybridized carbons (Fsp3) is 0. The number of hydrogen-bond donors (Lipinski definition) is 2. The maximum atomic E-state index is 13.4. The molecule has 3 aromatic carbocycles. The van der Waals surface area contributed by atoms with Gasteiger partial charge in [-0.15, -0.1) is 22.7 Å². The highest BCUT2D eigenvalue weighted by molar-refractivity contribution is 7.13. The topological polar surface area (TPSA) is 84.0 Å². The lowest BCUT2D eigenvalue weighted by molar-refractivity contribution is 0.102. The van der Waals surface area contributed by atoms with Gasteiger partial charge in [-0.05, 0) is 71.4 Å². The van der Waals surface area contributed by atoms with E-state index in [2.05, 4.69) is 10.6 Å². The van der Waals surface area contributed by atoms with Crippen LogP contribution in [0.2, 0.25) is 0 Å². The van der Waals surface area contributed by atoms with Crippen molar-refractivity contribution in [2.24, 2.45) is 0 Å². The molecule has 2 N–H and O–H groups in total. The second-order valence-electron chi connectivity index (χ2n) is 9.58. The second-order valence-corrected chi connectivity index (χ2v) is 11.5. The molecule has 0 fully saturated rings. The van der Waals surface area contributed by atoms with Gasteiger partial charge in [-0.1, -0.05) is 48.5 Å². The van der Waals surface area contributed by atoms with E-state index in [1.54, 1.807) is 46.9 Å². The van der Waals surface area contributed by atoms with Gasteiger partial charge in [0.1, 0.15) is 0 Å². The number of thiophene rings is 2. The number of carbonyl (C=O) groups excluding carboxylic acids is 2. The van der Waals surface area contributed by atoms with Gasteiger partial charge in [0.15, 0.2) is 0 Å². The number of nitrogens with zero attached hydrogens (tertiary/aromatic N) is 2. The summed E-state index contributed by atoms with van der Waals surface area (Å²) in [6.07, 6.45) is 0. The Hall–Kier alpha value is -5.18. The maximum absolute atomic E-state index is 13.4.